The van der Waals surface area contributed by atoms with E-state index in [9.17, 15) is 9.90 Å². The van der Waals surface area contributed by atoms with Crippen LogP contribution in [0, 0.1) is 11.8 Å². The maximum atomic E-state index is 13.3. The summed E-state index contributed by atoms with van der Waals surface area (Å²) in [7, 11) is 6.09. The first-order chi connectivity index (χ1) is 13.3. The maximum Gasteiger partial charge on any atom is 0.258 e. The van der Waals surface area contributed by atoms with E-state index in [0.29, 0.717) is 17.9 Å². The van der Waals surface area contributed by atoms with Gasteiger partial charge in [-0.25, -0.2) is 0 Å². The average molecular weight is 390 g/mol. The number of nitrogens with zero attached hydrogens (tertiary/aromatic N) is 3. The molecular weight excluding hydrogens is 354 g/mol. The highest BCUT2D eigenvalue weighted by atomic mass is 16.5. The summed E-state index contributed by atoms with van der Waals surface area (Å²) in [5.41, 5.74) is 1.49. The molecule has 1 N–H and O–H groups in total. The largest absolute Gasteiger partial charge is 0.486 e. The summed E-state index contributed by atoms with van der Waals surface area (Å²) in [6.45, 7) is 6.50. The number of rotatable bonds is 7. The van der Waals surface area contributed by atoms with Crippen molar-refractivity contribution in [3.63, 3.8) is 0 Å². The predicted octanol–water partition coefficient (Wildman–Crippen LogP) is 2.31. The molecule has 1 aliphatic heterocycles. The molecule has 1 aromatic carbocycles. The van der Waals surface area contributed by atoms with Crippen molar-refractivity contribution in [2.24, 2.45) is 11.8 Å². The average Bonchev–Trinajstić information content (AvgIpc) is 3.47. The SMILES string of the molecule is C[C@H](CO)N1C[C@H](C)[C@H](CN(C)CC2CC2)Oc2c(cccc2N(C)C)C1=O. The molecule has 1 fully saturated rings. The highest BCUT2D eigenvalue weighted by Gasteiger charge is 2.35. The van der Waals surface area contributed by atoms with Crippen LogP contribution in [0.5, 0.6) is 5.75 Å². The van der Waals surface area contributed by atoms with Gasteiger partial charge in [0.2, 0.25) is 0 Å². The molecule has 1 heterocycles. The molecule has 0 saturated heterocycles. The molecule has 1 amide bonds. The number of anilines is 1. The minimum atomic E-state index is -0.228. The van der Waals surface area contributed by atoms with E-state index in [1.807, 2.05) is 44.1 Å². The molecular formula is C22H35N3O3. The number of para-hydroxylation sites is 1. The van der Waals surface area contributed by atoms with Crippen LogP contribution in [0.1, 0.15) is 37.0 Å². The molecule has 6 nitrogen and oxygen atoms in total. The second-order valence-corrected chi connectivity index (χ2v) is 8.84. The summed E-state index contributed by atoms with van der Waals surface area (Å²) in [6, 6.07) is 5.50. The topological polar surface area (TPSA) is 56.2 Å². The van der Waals surface area contributed by atoms with Crippen molar-refractivity contribution in [2.75, 3.05) is 52.3 Å². The van der Waals surface area contributed by atoms with Gasteiger partial charge in [0, 0.05) is 39.6 Å². The number of benzene rings is 1. The third-order valence-corrected chi connectivity index (χ3v) is 5.91. The van der Waals surface area contributed by atoms with Crippen LogP contribution < -0.4 is 9.64 Å². The summed E-state index contributed by atoms with van der Waals surface area (Å²) in [5.74, 6) is 1.56. The number of hydrogen-bond donors (Lipinski definition) is 1. The number of aliphatic hydroxyl groups excluding tert-OH is 1. The Bertz CT molecular complexity index is 690. The molecule has 0 bridgehead atoms. The summed E-state index contributed by atoms with van der Waals surface area (Å²) < 4.78 is 6.55. The highest BCUT2D eigenvalue weighted by molar-refractivity contribution is 5.99. The summed E-state index contributed by atoms with van der Waals surface area (Å²) in [6.07, 6.45) is 2.63. The Morgan fingerprint density at radius 3 is 2.57 bits per heavy atom. The van der Waals surface area contributed by atoms with Gasteiger partial charge >= 0.3 is 0 Å². The molecule has 0 aromatic heterocycles. The minimum Gasteiger partial charge on any atom is -0.486 e. The van der Waals surface area contributed by atoms with Gasteiger partial charge in [-0.15, -0.1) is 0 Å². The molecule has 6 heteroatoms. The number of likely N-dealkylation sites (N-methyl/N-ethyl adjacent to an activating group) is 1. The van der Waals surface area contributed by atoms with Crippen LogP contribution in [-0.4, -0.2) is 80.3 Å². The summed E-state index contributed by atoms with van der Waals surface area (Å²) >= 11 is 0. The first-order valence-corrected chi connectivity index (χ1v) is 10.4. The number of amides is 1. The first-order valence-electron chi connectivity index (χ1n) is 10.4. The van der Waals surface area contributed by atoms with Gasteiger partial charge in [0.1, 0.15) is 6.10 Å². The Morgan fingerprint density at radius 1 is 1.25 bits per heavy atom. The molecule has 0 radical (unpaired) electrons. The Labute approximate surface area is 169 Å². The lowest BCUT2D eigenvalue weighted by Gasteiger charge is -2.39. The van der Waals surface area contributed by atoms with Gasteiger partial charge in [0.25, 0.3) is 5.91 Å². The van der Waals surface area contributed by atoms with Crippen LogP contribution in [0.3, 0.4) is 0 Å². The molecule has 1 aliphatic carbocycles. The lowest BCUT2D eigenvalue weighted by atomic mass is 9.99. The highest BCUT2D eigenvalue weighted by Crippen LogP contribution is 2.36. The van der Waals surface area contributed by atoms with E-state index < -0.39 is 0 Å². The fraction of sp³-hybridized carbons (Fsp3) is 0.682. The van der Waals surface area contributed by atoms with Gasteiger partial charge in [-0.3, -0.25) is 4.79 Å². The third kappa shape index (κ3) is 4.61. The van der Waals surface area contributed by atoms with Crippen molar-refractivity contribution in [3.8, 4) is 5.75 Å². The molecule has 0 spiro atoms. The van der Waals surface area contributed by atoms with Crippen molar-refractivity contribution < 1.29 is 14.6 Å². The number of ether oxygens (including phenoxy) is 1. The normalized spacial score (nSPS) is 23.7. The van der Waals surface area contributed by atoms with Gasteiger partial charge in [0.05, 0.1) is 23.9 Å². The van der Waals surface area contributed by atoms with Gasteiger partial charge in [-0.1, -0.05) is 13.0 Å². The molecule has 1 aromatic rings. The second-order valence-electron chi connectivity index (χ2n) is 8.84. The first kappa shape index (κ1) is 20.9. The van der Waals surface area contributed by atoms with Crippen LogP contribution in [0.25, 0.3) is 0 Å². The summed E-state index contributed by atoms with van der Waals surface area (Å²) in [4.78, 5) is 19.5. The maximum absolute atomic E-state index is 13.3. The van der Waals surface area contributed by atoms with Gasteiger partial charge < -0.3 is 24.5 Å². The Morgan fingerprint density at radius 2 is 1.96 bits per heavy atom. The van der Waals surface area contributed by atoms with Crippen LogP contribution in [0.2, 0.25) is 0 Å². The smallest absolute Gasteiger partial charge is 0.258 e. The van der Waals surface area contributed by atoms with Crippen molar-refractivity contribution in [1.82, 2.24) is 9.80 Å². The number of hydrogen-bond acceptors (Lipinski definition) is 5. The van der Waals surface area contributed by atoms with Crippen molar-refractivity contribution in [2.45, 2.75) is 38.8 Å². The zero-order valence-corrected chi connectivity index (χ0v) is 17.9. The van der Waals surface area contributed by atoms with E-state index in [-0.39, 0.29) is 30.6 Å². The van der Waals surface area contributed by atoms with E-state index in [0.717, 1.165) is 24.7 Å². The van der Waals surface area contributed by atoms with E-state index in [2.05, 4.69) is 18.9 Å². The monoisotopic (exact) mass is 389 g/mol. The molecule has 1 saturated carbocycles. The van der Waals surface area contributed by atoms with E-state index >= 15 is 0 Å². The summed E-state index contributed by atoms with van der Waals surface area (Å²) in [5, 5.41) is 9.72. The number of carbonyl (C=O) groups excluding carboxylic acids is 1. The van der Waals surface area contributed by atoms with Crippen LogP contribution in [0.15, 0.2) is 18.2 Å². The van der Waals surface area contributed by atoms with E-state index in [1.54, 1.807) is 4.90 Å². The lowest BCUT2D eigenvalue weighted by molar-refractivity contribution is 0.0345. The van der Waals surface area contributed by atoms with E-state index in [4.69, 9.17) is 4.74 Å². The lowest BCUT2D eigenvalue weighted by Crippen LogP contribution is -2.50. The predicted molar refractivity (Wildman–Crippen MR) is 112 cm³/mol. The van der Waals surface area contributed by atoms with Crippen LogP contribution in [-0.2, 0) is 0 Å². The van der Waals surface area contributed by atoms with Crippen LogP contribution >= 0.6 is 0 Å². The molecule has 156 valence electrons. The molecule has 3 rings (SSSR count). The van der Waals surface area contributed by atoms with Gasteiger partial charge in [-0.2, -0.15) is 0 Å². The van der Waals surface area contributed by atoms with Gasteiger partial charge in [0.15, 0.2) is 5.75 Å². The Balaban J connectivity index is 1.96. The Kier molecular flexibility index (Phi) is 6.50. The number of fused-ring (bicyclic) bond motifs is 1. The number of aliphatic hydroxyl groups is 1. The minimum absolute atomic E-state index is 0.0231. The second kappa shape index (κ2) is 8.70. The third-order valence-electron chi connectivity index (χ3n) is 5.91. The fourth-order valence-electron chi connectivity index (χ4n) is 3.92. The molecule has 3 atom stereocenters. The fourth-order valence-corrected chi connectivity index (χ4v) is 3.92. The standard InChI is InChI=1S/C22H35N3O3/c1-15-11-25(16(2)14-26)22(27)18-7-6-8-19(23(3)4)21(18)28-20(15)13-24(5)12-17-9-10-17/h6-8,15-17,20,26H,9-14H2,1-5H3/t15-,16+,20-/m0/s1. The van der Waals surface area contributed by atoms with Crippen molar-refractivity contribution >= 4 is 11.6 Å². The van der Waals surface area contributed by atoms with Crippen molar-refractivity contribution in [1.29, 1.82) is 0 Å². The van der Waals surface area contributed by atoms with Gasteiger partial charge in [-0.05, 0) is 44.9 Å². The molecule has 28 heavy (non-hydrogen) atoms. The quantitative estimate of drug-likeness (QED) is 0.776. The van der Waals surface area contributed by atoms with Crippen molar-refractivity contribution in [3.05, 3.63) is 23.8 Å². The molecule has 0 unspecified atom stereocenters. The zero-order valence-electron chi connectivity index (χ0n) is 17.9. The zero-order chi connectivity index (χ0) is 20.4. The number of carbonyl (C=O) groups is 1. The Hall–Kier alpha value is -1.79. The van der Waals surface area contributed by atoms with Crippen LogP contribution in [0.4, 0.5) is 5.69 Å². The molecule has 2 aliphatic rings. The van der Waals surface area contributed by atoms with E-state index in [1.165, 1.54) is 12.8 Å².